The number of carbonyl (C=O) groups excluding carboxylic acids is 1. The van der Waals surface area contributed by atoms with Gasteiger partial charge in [-0.25, -0.2) is 0 Å². The van der Waals surface area contributed by atoms with Crippen LogP contribution in [0.25, 0.3) is 0 Å². The summed E-state index contributed by atoms with van der Waals surface area (Å²) in [5.41, 5.74) is 8.26. The van der Waals surface area contributed by atoms with Crippen molar-refractivity contribution in [3.05, 3.63) is 65.5 Å². The molecule has 2 aromatic rings. The highest BCUT2D eigenvalue weighted by Gasteiger charge is 2.08. The van der Waals surface area contributed by atoms with Gasteiger partial charge in [0, 0.05) is 11.6 Å². The van der Waals surface area contributed by atoms with Crippen LogP contribution in [0.3, 0.4) is 0 Å². The van der Waals surface area contributed by atoms with Crippen LogP contribution in [0.2, 0.25) is 0 Å². The number of hydrogen-bond acceptors (Lipinski definition) is 1. The number of aryl methyl sites for hydroxylation is 1. The Bertz CT molecular complexity index is 549. The van der Waals surface area contributed by atoms with Gasteiger partial charge in [-0.3, -0.25) is 4.79 Å². The van der Waals surface area contributed by atoms with Crippen molar-refractivity contribution in [2.45, 2.75) is 13.5 Å². The van der Waals surface area contributed by atoms with Crippen molar-refractivity contribution in [3.63, 3.8) is 0 Å². The van der Waals surface area contributed by atoms with Gasteiger partial charge < -0.3 is 5.73 Å². The molecule has 1 aromatic heterocycles. The Morgan fingerprint density at radius 1 is 1.24 bits per heavy atom. The number of carbonyl (C=O) groups is 1. The minimum atomic E-state index is -0.399. The van der Waals surface area contributed by atoms with Crippen molar-refractivity contribution in [2.24, 2.45) is 5.73 Å². The number of rotatable bonds is 3. The van der Waals surface area contributed by atoms with E-state index in [9.17, 15) is 4.79 Å². The van der Waals surface area contributed by atoms with Gasteiger partial charge in [0.15, 0.2) is 18.9 Å². The number of primary amides is 1. The van der Waals surface area contributed by atoms with Crippen molar-refractivity contribution in [1.29, 1.82) is 0 Å². The lowest BCUT2D eigenvalue weighted by molar-refractivity contribution is -0.688. The van der Waals surface area contributed by atoms with E-state index in [1.54, 1.807) is 12.3 Å². The highest BCUT2D eigenvalue weighted by molar-refractivity contribution is 5.92. The van der Waals surface area contributed by atoms with Crippen LogP contribution in [0, 0.1) is 6.92 Å². The Labute approximate surface area is 101 Å². The monoisotopic (exact) mass is 227 g/mol. The molecule has 0 saturated heterocycles. The van der Waals surface area contributed by atoms with Crippen molar-refractivity contribution in [1.82, 2.24) is 0 Å². The summed E-state index contributed by atoms with van der Waals surface area (Å²) in [7, 11) is 0. The molecular weight excluding hydrogens is 212 g/mol. The van der Waals surface area contributed by atoms with E-state index in [-0.39, 0.29) is 0 Å². The van der Waals surface area contributed by atoms with Gasteiger partial charge in [-0.1, -0.05) is 24.3 Å². The predicted molar refractivity (Wildman–Crippen MR) is 65.4 cm³/mol. The Morgan fingerprint density at radius 2 is 2.00 bits per heavy atom. The van der Waals surface area contributed by atoms with Crippen LogP contribution in [0.4, 0.5) is 0 Å². The summed E-state index contributed by atoms with van der Waals surface area (Å²) >= 11 is 0. The van der Waals surface area contributed by atoms with Gasteiger partial charge in [0.2, 0.25) is 0 Å². The maximum Gasteiger partial charge on any atom is 0.254 e. The maximum atomic E-state index is 11.1. The van der Waals surface area contributed by atoms with Crippen LogP contribution in [0.5, 0.6) is 0 Å². The molecule has 86 valence electrons. The van der Waals surface area contributed by atoms with E-state index in [1.165, 1.54) is 11.1 Å². The van der Waals surface area contributed by atoms with E-state index in [2.05, 4.69) is 19.1 Å². The van der Waals surface area contributed by atoms with Gasteiger partial charge >= 0.3 is 0 Å². The fourth-order valence-electron chi connectivity index (χ4n) is 1.75. The summed E-state index contributed by atoms with van der Waals surface area (Å²) in [6, 6.07) is 11.7. The molecule has 0 radical (unpaired) electrons. The number of amides is 1. The Morgan fingerprint density at radius 3 is 2.71 bits per heavy atom. The van der Waals surface area contributed by atoms with Crippen molar-refractivity contribution in [3.8, 4) is 0 Å². The van der Waals surface area contributed by atoms with Crippen LogP contribution in [0.15, 0.2) is 48.8 Å². The predicted octanol–water partition coefficient (Wildman–Crippen LogP) is 1.43. The topological polar surface area (TPSA) is 47.0 Å². The van der Waals surface area contributed by atoms with Gasteiger partial charge in [0.05, 0.1) is 0 Å². The molecule has 0 atom stereocenters. The molecule has 0 bridgehead atoms. The van der Waals surface area contributed by atoms with E-state index in [4.69, 9.17) is 5.73 Å². The molecule has 0 aliphatic rings. The first kappa shape index (κ1) is 11.3. The SMILES string of the molecule is Cc1ccccc1C[n+]1cccc(C(N)=O)c1. The standard InChI is InChI=1S/C14H14N2O/c1-11-5-2-3-6-12(11)9-16-8-4-7-13(10-16)14(15)17/h2-8,10H,9H2,1H3,(H-,15,17)/p+1. The number of aromatic nitrogens is 1. The van der Waals surface area contributed by atoms with E-state index in [0.717, 1.165) is 6.54 Å². The van der Waals surface area contributed by atoms with E-state index >= 15 is 0 Å². The maximum absolute atomic E-state index is 11.1. The molecule has 0 unspecified atom stereocenters. The first-order valence-electron chi connectivity index (χ1n) is 5.50. The number of nitrogens with two attached hydrogens (primary N) is 1. The molecule has 0 saturated carbocycles. The molecule has 2 rings (SSSR count). The molecule has 0 spiro atoms. The molecule has 17 heavy (non-hydrogen) atoms. The lowest BCUT2D eigenvalue weighted by Crippen LogP contribution is -2.35. The van der Waals surface area contributed by atoms with Crippen LogP contribution >= 0.6 is 0 Å². The quantitative estimate of drug-likeness (QED) is 0.792. The first-order chi connectivity index (χ1) is 8.16. The average molecular weight is 227 g/mol. The third-order valence-electron chi connectivity index (χ3n) is 2.76. The zero-order chi connectivity index (χ0) is 12.3. The zero-order valence-corrected chi connectivity index (χ0v) is 9.76. The second kappa shape index (κ2) is 4.78. The number of hydrogen-bond donors (Lipinski definition) is 1. The number of nitrogens with zero attached hydrogens (tertiary/aromatic N) is 1. The largest absolute Gasteiger partial charge is 0.365 e. The fraction of sp³-hybridized carbons (Fsp3) is 0.143. The van der Waals surface area contributed by atoms with Crippen LogP contribution in [-0.2, 0) is 6.54 Å². The summed E-state index contributed by atoms with van der Waals surface area (Å²) in [4.78, 5) is 11.1. The number of benzene rings is 1. The molecule has 3 heteroatoms. The van der Waals surface area contributed by atoms with Crippen molar-refractivity contribution in [2.75, 3.05) is 0 Å². The smallest absolute Gasteiger partial charge is 0.254 e. The molecule has 2 N–H and O–H groups in total. The Hall–Kier alpha value is -2.16. The summed E-state index contributed by atoms with van der Waals surface area (Å²) < 4.78 is 1.96. The minimum absolute atomic E-state index is 0.399. The lowest BCUT2D eigenvalue weighted by Gasteiger charge is -2.02. The molecule has 1 amide bonds. The summed E-state index contributed by atoms with van der Waals surface area (Å²) in [6.07, 6.45) is 3.70. The molecule has 1 heterocycles. The average Bonchev–Trinajstić information content (AvgIpc) is 2.32. The molecular formula is C14H15N2O+. The Kier molecular flexibility index (Phi) is 3.19. The fourth-order valence-corrected chi connectivity index (χ4v) is 1.75. The van der Waals surface area contributed by atoms with E-state index in [1.807, 2.05) is 29.0 Å². The molecule has 0 fully saturated rings. The van der Waals surface area contributed by atoms with Gasteiger partial charge in [-0.05, 0) is 18.6 Å². The third-order valence-corrected chi connectivity index (χ3v) is 2.76. The lowest BCUT2D eigenvalue weighted by atomic mass is 10.1. The van der Waals surface area contributed by atoms with Crippen LogP contribution in [0.1, 0.15) is 21.5 Å². The normalized spacial score (nSPS) is 10.2. The van der Waals surface area contributed by atoms with Gasteiger partial charge in [0.25, 0.3) is 5.91 Å². The summed E-state index contributed by atoms with van der Waals surface area (Å²) in [5, 5.41) is 0. The molecule has 0 aliphatic carbocycles. The van der Waals surface area contributed by atoms with Gasteiger partial charge in [-0.2, -0.15) is 4.57 Å². The van der Waals surface area contributed by atoms with Crippen molar-refractivity contribution >= 4 is 5.91 Å². The second-order valence-corrected chi connectivity index (χ2v) is 4.06. The second-order valence-electron chi connectivity index (χ2n) is 4.06. The Balaban J connectivity index is 2.28. The van der Waals surface area contributed by atoms with E-state index < -0.39 is 5.91 Å². The van der Waals surface area contributed by atoms with Crippen molar-refractivity contribution < 1.29 is 9.36 Å². The zero-order valence-electron chi connectivity index (χ0n) is 9.76. The molecule has 3 nitrogen and oxygen atoms in total. The summed E-state index contributed by atoms with van der Waals surface area (Å²) in [5.74, 6) is -0.399. The highest BCUT2D eigenvalue weighted by Crippen LogP contribution is 2.06. The number of pyridine rings is 1. The van der Waals surface area contributed by atoms with Crippen LogP contribution in [-0.4, -0.2) is 5.91 Å². The molecule has 1 aromatic carbocycles. The minimum Gasteiger partial charge on any atom is -0.365 e. The van der Waals surface area contributed by atoms with Crippen LogP contribution < -0.4 is 10.3 Å². The highest BCUT2D eigenvalue weighted by atomic mass is 16.1. The molecule has 0 aliphatic heterocycles. The first-order valence-corrected chi connectivity index (χ1v) is 5.50. The summed E-state index contributed by atoms with van der Waals surface area (Å²) in [6.45, 7) is 2.82. The van der Waals surface area contributed by atoms with Gasteiger partial charge in [0.1, 0.15) is 5.56 Å². The van der Waals surface area contributed by atoms with E-state index in [0.29, 0.717) is 5.56 Å². The third kappa shape index (κ3) is 2.69. The van der Waals surface area contributed by atoms with Gasteiger partial charge in [-0.15, -0.1) is 0 Å².